The zero-order valence-corrected chi connectivity index (χ0v) is 24.3. The van der Waals surface area contributed by atoms with Gasteiger partial charge in [-0.3, -0.25) is 4.79 Å². The van der Waals surface area contributed by atoms with Crippen molar-refractivity contribution in [3.63, 3.8) is 0 Å². The number of ketones is 1. The summed E-state index contributed by atoms with van der Waals surface area (Å²) in [7, 11) is 0. The molecule has 0 saturated carbocycles. The van der Waals surface area contributed by atoms with Gasteiger partial charge in [0.25, 0.3) is 0 Å². The highest BCUT2D eigenvalue weighted by molar-refractivity contribution is 7.98. The van der Waals surface area contributed by atoms with Crippen LogP contribution in [0.1, 0.15) is 40.9 Å². The summed E-state index contributed by atoms with van der Waals surface area (Å²) in [5.74, 6) is -0.572. The Balaban J connectivity index is 1.59. The average molecular weight is 562 g/mol. The highest BCUT2D eigenvalue weighted by Gasteiger charge is 2.40. The molecule has 40 heavy (non-hydrogen) atoms. The fourth-order valence-corrected chi connectivity index (χ4v) is 5.48. The summed E-state index contributed by atoms with van der Waals surface area (Å²) in [4.78, 5) is 41.1. The molecule has 0 bridgehead atoms. The van der Waals surface area contributed by atoms with Gasteiger partial charge < -0.3 is 19.5 Å². The summed E-state index contributed by atoms with van der Waals surface area (Å²) in [5, 5.41) is 9.50. The molecule has 8 heteroatoms. The second kappa shape index (κ2) is 12.2. The molecular weight excluding hydrogens is 526 g/mol. The zero-order chi connectivity index (χ0) is 29.0. The number of carbonyl (C=O) groups is 3. The van der Waals surface area contributed by atoms with Crippen molar-refractivity contribution in [1.82, 2.24) is 4.90 Å². The molecule has 210 valence electrons. The van der Waals surface area contributed by atoms with Gasteiger partial charge in [-0.05, 0) is 87.2 Å². The van der Waals surface area contributed by atoms with Crippen molar-refractivity contribution < 1.29 is 29.0 Å². The average Bonchev–Trinajstić information content (AvgIpc) is 3.34. The van der Waals surface area contributed by atoms with Crippen LogP contribution >= 0.6 is 11.8 Å². The van der Waals surface area contributed by atoms with E-state index in [1.807, 2.05) is 62.6 Å². The highest BCUT2D eigenvalue weighted by atomic mass is 32.2. The van der Waals surface area contributed by atoms with E-state index in [1.165, 1.54) is 13.8 Å². The first kappa shape index (κ1) is 29.2. The van der Waals surface area contributed by atoms with Gasteiger partial charge in [0.05, 0.1) is 0 Å². The van der Waals surface area contributed by atoms with Gasteiger partial charge in [-0.15, -0.1) is 11.8 Å². The van der Waals surface area contributed by atoms with Gasteiger partial charge in [-0.1, -0.05) is 42.5 Å². The maximum absolute atomic E-state index is 13.7. The molecule has 0 aliphatic carbocycles. The van der Waals surface area contributed by atoms with E-state index in [2.05, 4.69) is 0 Å². The van der Waals surface area contributed by atoms with E-state index in [0.717, 1.165) is 21.6 Å². The summed E-state index contributed by atoms with van der Waals surface area (Å²) in [6, 6.07) is 20.4. The lowest BCUT2D eigenvalue weighted by atomic mass is 9.84. The number of carboxylic acid groups (broad SMARTS) is 1. The molecule has 0 radical (unpaired) electrons. The van der Waals surface area contributed by atoms with Crippen molar-refractivity contribution in [2.75, 3.05) is 19.3 Å². The summed E-state index contributed by atoms with van der Waals surface area (Å²) < 4.78 is 11.5. The monoisotopic (exact) mass is 561 g/mol. The Bertz CT molecular complexity index is 1360. The van der Waals surface area contributed by atoms with Crippen LogP contribution < -0.4 is 9.47 Å². The van der Waals surface area contributed by atoms with E-state index in [1.54, 1.807) is 40.9 Å². The number of hydrogen-bond acceptors (Lipinski definition) is 6. The largest absolute Gasteiger partial charge is 0.478 e. The van der Waals surface area contributed by atoms with Crippen molar-refractivity contribution in [2.45, 2.75) is 44.6 Å². The number of carboxylic acids is 1. The number of ether oxygens (including phenoxy) is 2. The summed E-state index contributed by atoms with van der Waals surface area (Å²) in [5.41, 5.74) is 1.88. The Morgan fingerprint density at radius 1 is 0.975 bits per heavy atom. The fraction of sp³-hybridized carbons (Fsp3) is 0.344. The molecule has 3 aromatic rings. The molecule has 2 unspecified atom stereocenters. The lowest BCUT2D eigenvalue weighted by Crippen LogP contribution is -2.38. The third-order valence-electron chi connectivity index (χ3n) is 7.25. The molecule has 4 rings (SSSR count). The molecule has 1 amide bonds. The van der Waals surface area contributed by atoms with Crippen molar-refractivity contribution in [3.8, 4) is 11.5 Å². The van der Waals surface area contributed by atoms with Crippen LogP contribution in [-0.4, -0.2) is 52.8 Å². The number of benzene rings is 3. The number of thioether (sulfide) groups is 1. The molecule has 7 nitrogen and oxygen atoms in total. The minimum Gasteiger partial charge on any atom is -0.478 e. The smallest absolute Gasteiger partial charge is 0.415 e. The topological polar surface area (TPSA) is 93.1 Å². The van der Waals surface area contributed by atoms with Crippen LogP contribution in [0.3, 0.4) is 0 Å². The van der Waals surface area contributed by atoms with Crippen LogP contribution in [0.2, 0.25) is 0 Å². The van der Waals surface area contributed by atoms with E-state index in [-0.39, 0.29) is 18.2 Å². The van der Waals surface area contributed by atoms with Crippen molar-refractivity contribution in [2.24, 2.45) is 11.8 Å². The Morgan fingerprint density at radius 2 is 1.60 bits per heavy atom. The minimum atomic E-state index is -1.37. The van der Waals surface area contributed by atoms with Crippen LogP contribution in [0.4, 0.5) is 4.79 Å². The highest BCUT2D eigenvalue weighted by Crippen LogP contribution is 2.34. The van der Waals surface area contributed by atoms with Gasteiger partial charge in [0.15, 0.2) is 11.4 Å². The zero-order valence-electron chi connectivity index (χ0n) is 23.5. The summed E-state index contributed by atoms with van der Waals surface area (Å²) in [6.07, 6.45) is 2.08. The number of nitrogens with zero attached hydrogens (tertiary/aromatic N) is 1. The van der Waals surface area contributed by atoms with Gasteiger partial charge in [0.2, 0.25) is 0 Å². The molecule has 1 N–H and O–H groups in total. The fourth-order valence-electron chi connectivity index (χ4n) is 5.07. The third-order valence-corrected chi connectivity index (χ3v) is 7.99. The van der Waals surface area contributed by atoms with Gasteiger partial charge in [0, 0.05) is 29.5 Å². The van der Waals surface area contributed by atoms with Gasteiger partial charge in [-0.25, -0.2) is 9.59 Å². The molecule has 1 saturated heterocycles. The Morgan fingerprint density at radius 3 is 2.17 bits per heavy atom. The van der Waals surface area contributed by atoms with Crippen molar-refractivity contribution in [1.29, 1.82) is 0 Å². The van der Waals surface area contributed by atoms with Gasteiger partial charge in [0.1, 0.15) is 11.5 Å². The van der Waals surface area contributed by atoms with Crippen molar-refractivity contribution >= 4 is 29.6 Å². The third kappa shape index (κ3) is 6.67. The second-order valence-electron chi connectivity index (χ2n) is 10.7. The molecule has 1 heterocycles. The lowest BCUT2D eigenvalue weighted by molar-refractivity contribution is -0.152. The summed E-state index contributed by atoms with van der Waals surface area (Å²) in [6.45, 7) is 7.46. The normalized spacial score (nSPS) is 17.0. The van der Waals surface area contributed by atoms with E-state index >= 15 is 0 Å². The first-order chi connectivity index (χ1) is 19.0. The van der Waals surface area contributed by atoms with E-state index in [0.29, 0.717) is 30.0 Å². The maximum atomic E-state index is 13.7. The molecule has 0 aromatic heterocycles. The first-order valence-corrected chi connectivity index (χ1v) is 14.4. The summed E-state index contributed by atoms with van der Waals surface area (Å²) >= 11 is 1.61. The number of Topliss-reactive ketones (excluding diaryl/α,β-unsaturated/α-hetero) is 1. The molecule has 1 aliphatic heterocycles. The number of rotatable bonds is 9. The molecule has 1 aliphatic rings. The second-order valence-corrected chi connectivity index (χ2v) is 11.6. The SMILES string of the molecule is CSc1ccc(C(=O)C2CN(C(=O)Oc3ccccc3)CC2Cc2cc(C)c(OC(C)(C)C(=O)O)c(C)c2)cc1. The quantitative estimate of drug-likeness (QED) is 0.237. The van der Waals surface area contributed by atoms with Crippen LogP contribution in [0.15, 0.2) is 71.6 Å². The number of aryl methyl sites for hydroxylation is 2. The van der Waals surface area contributed by atoms with Crippen LogP contribution in [0.25, 0.3) is 0 Å². The Hall–Kier alpha value is -3.78. The van der Waals surface area contributed by atoms with E-state index < -0.39 is 23.6 Å². The molecule has 0 spiro atoms. The molecule has 2 atom stereocenters. The number of hydrogen-bond donors (Lipinski definition) is 1. The number of likely N-dealkylation sites (tertiary alicyclic amines) is 1. The Labute approximate surface area is 239 Å². The van der Waals surface area contributed by atoms with Crippen molar-refractivity contribution in [3.05, 3.63) is 89.0 Å². The number of amides is 1. The van der Waals surface area contributed by atoms with Gasteiger partial charge >= 0.3 is 12.1 Å². The van der Waals surface area contributed by atoms with Crippen LogP contribution in [-0.2, 0) is 11.2 Å². The van der Waals surface area contributed by atoms with Crippen LogP contribution in [0, 0.1) is 25.7 Å². The first-order valence-electron chi connectivity index (χ1n) is 13.2. The molecular formula is C32H35NO6S. The predicted molar refractivity (Wildman–Crippen MR) is 156 cm³/mol. The number of aliphatic carboxylic acids is 1. The molecule has 3 aromatic carbocycles. The van der Waals surface area contributed by atoms with E-state index in [9.17, 15) is 19.5 Å². The molecule has 1 fully saturated rings. The number of para-hydroxylation sites is 1. The van der Waals surface area contributed by atoms with Gasteiger partial charge in [-0.2, -0.15) is 0 Å². The lowest BCUT2D eigenvalue weighted by Gasteiger charge is -2.25. The Kier molecular flexibility index (Phi) is 8.88. The van der Waals surface area contributed by atoms with E-state index in [4.69, 9.17) is 9.47 Å². The standard InChI is InChI=1S/C32H35NO6S/c1-20-15-22(16-21(2)29(20)39-32(3,4)30(35)36)17-24-18-33(31(37)38-25-9-7-6-8-10-25)19-27(24)28(34)23-11-13-26(40-5)14-12-23/h6-16,24,27H,17-19H2,1-5H3,(H,35,36). The number of carbonyl (C=O) groups excluding carboxylic acids is 2. The maximum Gasteiger partial charge on any atom is 0.415 e. The van der Waals surface area contributed by atoms with Crippen LogP contribution in [0.5, 0.6) is 11.5 Å². The predicted octanol–water partition coefficient (Wildman–Crippen LogP) is 6.44. The minimum absolute atomic E-state index is 0.00395.